The third-order valence-corrected chi connectivity index (χ3v) is 5.73. The van der Waals surface area contributed by atoms with E-state index in [1.807, 2.05) is 17.5 Å². The van der Waals surface area contributed by atoms with Gasteiger partial charge in [0.25, 0.3) is 0 Å². The Labute approximate surface area is 196 Å². The Kier molecular flexibility index (Phi) is 8.60. The SMILES string of the molecule is C=CCN(CC(=O)N(Cc1ccc(F)cc1)Cc1cccs1)C(=O)Nc1ccc(OC)cc1. The summed E-state index contributed by atoms with van der Waals surface area (Å²) < 4.78 is 18.4. The lowest BCUT2D eigenvalue weighted by atomic mass is 10.2. The Morgan fingerprint density at radius 3 is 2.39 bits per heavy atom. The van der Waals surface area contributed by atoms with Gasteiger partial charge in [-0.1, -0.05) is 24.3 Å². The molecule has 0 radical (unpaired) electrons. The molecular weight excluding hydrogens is 441 g/mol. The van der Waals surface area contributed by atoms with Gasteiger partial charge in [0.1, 0.15) is 18.1 Å². The molecule has 3 aromatic rings. The zero-order valence-electron chi connectivity index (χ0n) is 18.4. The van der Waals surface area contributed by atoms with Crippen LogP contribution in [0.5, 0.6) is 5.75 Å². The zero-order chi connectivity index (χ0) is 23.6. The van der Waals surface area contributed by atoms with Crippen molar-refractivity contribution in [3.63, 3.8) is 0 Å². The number of nitrogens with one attached hydrogen (secondary N) is 1. The van der Waals surface area contributed by atoms with Gasteiger partial charge in [0.05, 0.1) is 13.7 Å². The third-order valence-electron chi connectivity index (χ3n) is 4.87. The predicted octanol–water partition coefficient (Wildman–Crippen LogP) is 5.14. The molecule has 3 rings (SSSR count). The summed E-state index contributed by atoms with van der Waals surface area (Å²) in [6, 6.07) is 16.4. The molecule has 0 atom stereocenters. The highest BCUT2D eigenvalue weighted by Crippen LogP contribution is 2.17. The Balaban J connectivity index is 1.72. The van der Waals surface area contributed by atoms with Crippen LogP contribution in [0.1, 0.15) is 10.4 Å². The van der Waals surface area contributed by atoms with Crippen molar-refractivity contribution in [1.82, 2.24) is 9.80 Å². The summed E-state index contributed by atoms with van der Waals surface area (Å²) in [5, 5.41) is 4.74. The summed E-state index contributed by atoms with van der Waals surface area (Å²) in [5.41, 5.74) is 1.39. The molecule has 0 spiro atoms. The standard InChI is InChI=1S/C25H26FN3O3S/c1-3-14-28(25(31)27-21-10-12-22(32-2)13-11-21)18-24(30)29(17-23-5-4-15-33-23)16-19-6-8-20(26)9-7-19/h3-13,15H,1,14,16-18H2,2H3,(H,27,31). The van der Waals surface area contributed by atoms with Gasteiger partial charge in [-0.25, -0.2) is 9.18 Å². The van der Waals surface area contributed by atoms with Crippen LogP contribution in [0.25, 0.3) is 0 Å². The van der Waals surface area contributed by atoms with Gasteiger partial charge in [0.2, 0.25) is 5.91 Å². The van der Waals surface area contributed by atoms with Crippen LogP contribution >= 0.6 is 11.3 Å². The number of rotatable bonds is 10. The minimum Gasteiger partial charge on any atom is -0.497 e. The number of ether oxygens (including phenoxy) is 1. The number of anilines is 1. The van der Waals surface area contributed by atoms with Crippen LogP contribution in [-0.4, -0.2) is 41.9 Å². The van der Waals surface area contributed by atoms with E-state index in [4.69, 9.17) is 4.74 Å². The van der Waals surface area contributed by atoms with Gasteiger partial charge >= 0.3 is 6.03 Å². The van der Waals surface area contributed by atoms with Crippen LogP contribution in [-0.2, 0) is 17.9 Å². The molecule has 1 aromatic heterocycles. The van der Waals surface area contributed by atoms with Crippen LogP contribution in [0.4, 0.5) is 14.9 Å². The molecule has 6 nitrogen and oxygen atoms in total. The number of thiophene rings is 1. The van der Waals surface area contributed by atoms with E-state index in [1.54, 1.807) is 65.8 Å². The number of benzene rings is 2. The second-order valence-corrected chi connectivity index (χ2v) is 8.32. The van der Waals surface area contributed by atoms with Crippen molar-refractivity contribution in [2.45, 2.75) is 13.1 Å². The molecule has 0 saturated carbocycles. The van der Waals surface area contributed by atoms with Crippen LogP contribution in [0.3, 0.4) is 0 Å². The van der Waals surface area contributed by atoms with Gasteiger partial charge in [-0.2, -0.15) is 0 Å². The fourth-order valence-corrected chi connectivity index (χ4v) is 3.87. The Morgan fingerprint density at radius 2 is 1.79 bits per heavy atom. The van der Waals surface area contributed by atoms with Crippen molar-refractivity contribution in [1.29, 1.82) is 0 Å². The second-order valence-electron chi connectivity index (χ2n) is 7.28. The first-order valence-electron chi connectivity index (χ1n) is 10.3. The predicted molar refractivity (Wildman–Crippen MR) is 129 cm³/mol. The lowest BCUT2D eigenvalue weighted by Crippen LogP contribution is -2.44. The van der Waals surface area contributed by atoms with Crippen molar-refractivity contribution < 1.29 is 18.7 Å². The van der Waals surface area contributed by atoms with Crippen LogP contribution in [0, 0.1) is 5.82 Å². The number of hydrogen-bond donors (Lipinski definition) is 1. The summed E-state index contributed by atoms with van der Waals surface area (Å²) in [4.78, 5) is 30.2. The average molecular weight is 468 g/mol. The molecule has 0 aliphatic rings. The molecule has 33 heavy (non-hydrogen) atoms. The highest BCUT2D eigenvalue weighted by atomic mass is 32.1. The van der Waals surface area contributed by atoms with E-state index < -0.39 is 6.03 Å². The minimum atomic E-state index is -0.411. The van der Waals surface area contributed by atoms with Crippen molar-refractivity contribution >= 4 is 29.0 Å². The molecule has 0 saturated heterocycles. The number of nitrogens with zero attached hydrogens (tertiary/aromatic N) is 2. The maximum atomic E-state index is 13.3. The smallest absolute Gasteiger partial charge is 0.322 e. The topological polar surface area (TPSA) is 61.9 Å². The number of carbonyl (C=O) groups is 2. The normalized spacial score (nSPS) is 10.4. The minimum absolute atomic E-state index is 0.124. The van der Waals surface area contributed by atoms with Crippen molar-refractivity contribution in [2.75, 3.05) is 25.5 Å². The van der Waals surface area contributed by atoms with Crippen molar-refractivity contribution in [3.05, 3.63) is 95.0 Å². The molecule has 0 unspecified atom stereocenters. The molecule has 3 amide bonds. The zero-order valence-corrected chi connectivity index (χ0v) is 19.2. The Morgan fingerprint density at radius 1 is 1.06 bits per heavy atom. The maximum Gasteiger partial charge on any atom is 0.322 e. The summed E-state index contributed by atoms with van der Waals surface area (Å²) in [5.74, 6) is 0.123. The van der Waals surface area contributed by atoms with Crippen molar-refractivity contribution in [2.24, 2.45) is 0 Å². The number of halogens is 1. The molecule has 2 aromatic carbocycles. The van der Waals surface area contributed by atoms with Crippen LogP contribution in [0.15, 0.2) is 78.7 Å². The molecule has 172 valence electrons. The molecule has 8 heteroatoms. The van der Waals surface area contributed by atoms with Gasteiger partial charge in [-0.15, -0.1) is 17.9 Å². The molecule has 0 bridgehead atoms. The number of amides is 3. The number of hydrogen-bond acceptors (Lipinski definition) is 4. The van der Waals surface area contributed by atoms with E-state index in [9.17, 15) is 14.0 Å². The fourth-order valence-electron chi connectivity index (χ4n) is 3.15. The van der Waals surface area contributed by atoms with E-state index in [0.29, 0.717) is 24.5 Å². The van der Waals surface area contributed by atoms with Crippen LogP contribution < -0.4 is 10.1 Å². The Bertz CT molecular complexity index is 1050. The van der Waals surface area contributed by atoms with Gasteiger partial charge in [0.15, 0.2) is 0 Å². The summed E-state index contributed by atoms with van der Waals surface area (Å²) in [6.45, 7) is 4.49. The maximum absolute atomic E-state index is 13.3. The summed E-state index contributed by atoms with van der Waals surface area (Å²) in [6.07, 6.45) is 1.57. The molecular formula is C25H26FN3O3S. The highest BCUT2D eigenvalue weighted by Gasteiger charge is 2.22. The molecule has 0 fully saturated rings. The second kappa shape index (κ2) is 11.8. The van der Waals surface area contributed by atoms with Gasteiger partial charge < -0.3 is 19.9 Å². The fraction of sp³-hybridized carbons (Fsp3) is 0.200. The van der Waals surface area contributed by atoms with Crippen molar-refractivity contribution in [3.8, 4) is 5.75 Å². The molecule has 0 aliphatic carbocycles. The monoisotopic (exact) mass is 467 g/mol. The first-order chi connectivity index (χ1) is 16.0. The van der Waals surface area contributed by atoms with Gasteiger partial charge in [-0.05, 0) is 53.4 Å². The molecule has 0 aliphatic heterocycles. The largest absolute Gasteiger partial charge is 0.497 e. The average Bonchev–Trinajstić information content (AvgIpc) is 3.33. The molecule has 1 N–H and O–H groups in total. The lowest BCUT2D eigenvalue weighted by molar-refractivity contribution is -0.132. The molecule has 1 heterocycles. The quantitative estimate of drug-likeness (QED) is 0.420. The Hall–Kier alpha value is -3.65. The summed E-state index contributed by atoms with van der Waals surface area (Å²) >= 11 is 1.55. The highest BCUT2D eigenvalue weighted by molar-refractivity contribution is 7.09. The van der Waals surface area contributed by atoms with Crippen LogP contribution in [0.2, 0.25) is 0 Å². The number of carbonyl (C=O) groups excluding carboxylic acids is 2. The first-order valence-corrected chi connectivity index (χ1v) is 11.2. The van der Waals surface area contributed by atoms with E-state index in [-0.39, 0.29) is 24.8 Å². The van der Waals surface area contributed by atoms with E-state index in [1.165, 1.54) is 17.0 Å². The number of urea groups is 1. The third kappa shape index (κ3) is 7.18. The lowest BCUT2D eigenvalue weighted by Gasteiger charge is -2.27. The van der Waals surface area contributed by atoms with E-state index in [0.717, 1.165) is 10.4 Å². The van der Waals surface area contributed by atoms with E-state index in [2.05, 4.69) is 11.9 Å². The first kappa shape index (κ1) is 24.0. The number of methoxy groups -OCH3 is 1. The summed E-state index contributed by atoms with van der Waals surface area (Å²) in [7, 11) is 1.57. The van der Waals surface area contributed by atoms with Gasteiger partial charge in [0, 0.05) is 23.7 Å². The van der Waals surface area contributed by atoms with Gasteiger partial charge in [-0.3, -0.25) is 4.79 Å². The van der Waals surface area contributed by atoms with E-state index >= 15 is 0 Å².